The van der Waals surface area contributed by atoms with Gasteiger partial charge in [0.1, 0.15) is 6.10 Å². The van der Waals surface area contributed by atoms with E-state index in [1.807, 2.05) is 13.8 Å². The van der Waals surface area contributed by atoms with Crippen LogP contribution in [0, 0.1) is 23.7 Å². The van der Waals surface area contributed by atoms with Gasteiger partial charge in [0.25, 0.3) is 0 Å². The van der Waals surface area contributed by atoms with Crippen molar-refractivity contribution in [1.82, 2.24) is 0 Å². The molecule has 3 aliphatic rings. The van der Waals surface area contributed by atoms with Crippen molar-refractivity contribution in [2.24, 2.45) is 23.7 Å². The highest BCUT2D eigenvalue weighted by molar-refractivity contribution is 5.72. The molecule has 0 aromatic carbocycles. The van der Waals surface area contributed by atoms with Crippen molar-refractivity contribution in [2.45, 2.75) is 96.7 Å². The molecular weight excluding hydrogens is 344 g/mol. The molecule has 4 atom stereocenters. The van der Waals surface area contributed by atoms with Gasteiger partial charge in [-0.05, 0) is 63.2 Å². The van der Waals surface area contributed by atoms with Gasteiger partial charge in [0, 0.05) is 0 Å². The molecule has 0 bridgehead atoms. The highest BCUT2D eigenvalue weighted by Crippen LogP contribution is 2.44. The van der Waals surface area contributed by atoms with Crippen LogP contribution in [0.15, 0.2) is 0 Å². The van der Waals surface area contributed by atoms with E-state index in [1.165, 1.54) is 19.3 Å². The van der Waals surface area contributed by atoms with Crippen molar-refractivity contribution in [3.05, 3.63) is 0 Å². The van der Waals surface area contributed by atoms with Gasteiger partial charge >= 0.3 is 11.9 Å². The summed E-state index contributed by atoms with van der Waals surface area (Å²) < 4.78 is 16.8. The zero-order valence-corrected chi connectivity index (χ0v) is 17.0. The maximum Gasteiger partial charge on any atom is 0.311 e. The normalized spacial score (nSPS) is 32.0. The fraction of sp³-hybridized carbons (Fsp3) is 0.909. The first-order valence-corrected chi connectivity index (χ1v) is 11.0. The minimum atomic E-state index is -0.106. The summed E-state index contributed by atoms with van der Waals surface area (Å²) >= 11 is 0. The third-order valence-corrected chi connectivity index (χ3v) is 6.71. The van der Waals surface area contributed by atoms with Crippen LogP contribution in [0.4, 0.5) is 0 Å². The van der Waals surface area contributed by atoms with Gasteiger partial charge in [-0.2, -0.15) is 0 Å². The lowest BCUT2D eigenvalue weighted by atomic mass is 9.67. The van der Waals surface area contributed by atoms with Crippen LogP contribution in [-0.4, -0.2) is 30.9 Å². The first-order valence-electron chi connectivity index (χ1n) is 11.0. The van der Waals surface area contributed by atoms with Crippen LogP contribution in [0.5, 0.6) is 0 Å². The zero-order chi connectivity index (χ0) is 19.2. The van der Waals surface area contributed by atoms with E-state index in [9.17, 15) is 9.59 Å². The minimum Gasteiger partial charge on any atom is -0.462 e. The van der Waals surface area contributed by atoms with Crippen LogP contribution < -0.4 is 0 Å². The smallest absolute Gasteiger partial charge is 0.311 e. The fourth-order valence-corrected chi connectivity index (χ4v) is 5.01. The van der Waals surface area contributed by atoms with E-state index >= 15 is 0 Å². The van der Waals surface area contributed by atoms with Gasteiger partial charge in [-0.15, -0.1) is 0 Å². The summed E-state index contributed by atoms with van der Waals surface area (Å²) in [4.78, 5) is 24.4. The summed E-state index contributed by atoms with van der Waals surface area (Å²) in [6.07, 6.45) is 12.0. The minimum absolute atomic E-state index is 0.0190. The number of ether oxygens (including phenoxy) is 3. The van der Waals surface area contributed by atoms with Crippen molar-refractivity contribution in [3.8, 4) is 0 Å². The number of hydrogen-bond acceptors (Lipinski definition) is 5. The molecule has 0 saturated heterocycles. The molecule has 154 valence electrons. The second kappa shape index (κ2) is 9.90. The Morgan fingerprint density at radius 3 is 2.33 bits per heavy atom. The highest BCUT2D eigenvalue weighted by atomic mass is 16.7. The van der Waals surface area contributed by atoms with Crippen molar-refractivity contribution in [3.63, 3.8) is 0 Å². The van der Waals surface area contributed by atoms with Crippen molar-refractivity contribution < 1.29 is 23.8 Å². The van der Waals surface area contributed by atoms with E-state index in [1.54, 1.807) is 0 Å². The third-order valence-electron chi connectivity index (χ3n) is 6.71. The van der Waals surface area contributed by atoms with Crippen LogP contribution in [0.2, 0.25) is 0 Å². The lowest BCUT2D eigenvalue weighted by Crippen LogP contribution is -2.38. The summed E-state index contributed by atoms with van der Waals surface area (Å²) in [6.45, 7) is 3.84. The first-order chi connectivity index (χ1) is 13.0. The molecule has 0 aromatic heterocycles. The van der Waals surface area contributed by atoms with Gasteiger partial charge in [0.15, 0.2) is 6.79 Å². The van der Waals surface area contributed by atoms with E-state index < -0.39 is 0 Å². The average Bonchev–Trinajstić information content (AvgIpc) is 2.68. The topological polar surface area (TPSA) is 61.8 Å². The monoisotopic (exact) mass is 380 g/mol. The Bertz CT molecular complexity index is 497. The Balaban J connectivity index is 1.41. The van der Waals surface area contributed by atoms with Crippen LogP contribution >= 0.6 is 0 Å². The lowest BCUT2D eigenvalue weighted by Gasteiger charge is -2.41. The van der Waals surface area contributed by atoms with Gasteiger partial charge in [-0.3, -0.25) is 9.59 Å². The standard InChI is InChI=1S/C22H36O5/c1-15(2)21(23)27-20-11-10-16-8-9-17(12-18(16)13-20)22(24)26-14-25-19-6-4-3-5-7-19/h15-20H,3-14H2,1-2H3. The molecule has 0 spiro atoms. The molecule has 3 aliphatic carbocycles. The number of carbonyl (C=O) groups excluding carboxylic acids is 2. The molecule has 3 saturated carbocycles. The molecule has 0 heterocycles. The summed E-state index contributed by atoms with van der Waals surface area (Å²) in [7, 11) is 0. The predicted molar refractivity (Wildman–Crippen MR) is 102 cm³/mol. The maximum atomic E-state index is 12.5. The average molecular weight is 381 g/mol. The molecule has 3 fully saturated rings. The largest absolute Gasteiger partial charge is 0.462 e. The van der Waals surface area contributed by atoms with Crippen LogP contribution in [0.25, 0.3) is 0 Å². The molecule has 0 N–H and O–H groups in total. The Labute approximate surface area is 163 Å². The van der Waals surface area contributed by atoms with E-state index in [0.717, 1.165) is 51.4 Å². The quantitative estimate of drug-likeness (QED) is 0.497. The predicted octanol–water partition coefficient (Wildman–Crippen LogP) is 4.62. The molecule has 0 aromatic rings. The fourth-order valence-electron chi connectivity index (χ4n) is 5.01. The number of fused-ring (bicyclic) bond motifs is 1. The molecule has 5 nitrogen and oxygen atoms in total. The molecule has 0 radical (unpaired) electrons. The molecular formula is C22H36O5. The summed E-state index contributed by atoms with van der Waals surface area (Å²) in [5.74, 6) is 0.813. The molecule has 0 amide bonds. The van der Waals surface area contributed by atoms with Crippen LogP contribution in [-0.2, 0) is 23.8 Å². The van der Waals surface area contributed by atoms with Gasteiger partial charge in [-0.1, -0.05) is 33.1 Å². The third kappa shape index (κ3) is 5.94. The molecule has 3 rings (SSSR count). The second-order valence-corrected chi connectivity index (χ2v) is 9.06. The number of rotatable bonds is 6. The van der Waals surface area contributed by atoms with Gasteiger partial charge in [0.2, 0.25) is 0 Å². The number of esters is 2. The number of carbonyl (C=O) groups is 2. The van der Waals surface area contributed by atoms with E-state index in [2.05, 4.69) is 0 Å². The summed E-state index contributed by atoms with van der Waals surface area (Å²) in [6, 6.07) is 0. The Hall–Kier alpha value is -1.10. The summed E-state index contributed by atoms with van der Waals surface area (Å²) in [5, 5.41) is 0. The van der Waals surface area contributed by atoms with E-state index in [0.29, 0.717) is 11.8 Å². The van der Waals surface area contributed by atoms with E-state index in [4.69, 9.17) is 14.2 Å². The van der Waals surface area contributed by atoms with Gasteiger partial charge in [0.05, 0.1) is 17.9 Å². The second-order valence-electron chi connectivity index (χ2n) is 9.06. The van der Waals surface area contributed by atoms with Crippen molar-refractivity contribution in [2.75, 3.05) is 6.79 Å². The zero-order valence-electron chi connectivity index (χ0n) is 17.0. The highest BCUT2D eigenvalue weighted by Gasteiger charge is 2.39. The molecule has 5 heteroatoms. The first kappa shape index (κ1) is 20.6. The lowest BCUT2D eigenvalue weighted by molar-refractivity contribution is -0.170. The molecule has 0 aliphatic heterocycles. The Kier molecular flexibility index (Phi) is 7.57. The van der Waals surface area contributed by atoms with Crippen LogP contribution in [0.3, 0.4) is 0 Å². The molecule has 27 heavy (non-hydrogen) atoms. The Morgan fingerprint density at radius 2 is 1.59 bits per heavy atom. The molecule has 4 unspecified atom stereocenters. The summed E-state index contributed by atoms with van der Waals surface area (Å²) in [5.41, 5.74) is 0. The number of hydrogen-bond donors (Lipinski definition) is 0. The van der Waals surface area contributed by atoms with E-state index in [-0.39, 0.29) is 42.8 Å². The maximum absolute atomic E-state index is 12.5. The van der Waals surface area contributed by atoms with Gasteiger partial charge in [-0.25, -0.2) is 0 Å². The Morgan fingerprint density at radius 1 is 0.852 bits per heavy atom. The van der Waals surface area contributed by atoms with Crippen molar-refractivity contribution >= 4 is 11.9 Å². The SMILES string of the molecule is CC(C)C(=O)OC1CCC2CCC(C(=O)OCOC3CCCCC3)CC2C1. The van der Waals surface area contributed by atoms with Gasteiger partial charge < -0.3 is 14.2 Å². The van der Waals surface area contributed by atoms with Crippen LogP contribution in [0.1, 0.15) is 84.5 Å². The van der Waals surface area contributed by atoms with Crippen molar-refractivity contribution in [1.29, 1.82) is 0 Å².